The Bertz CT molecular complexity index is 521. The first kappa shape index (κ1) is 15.7. The molecule has 0 amide bonds. The highest BCUT2D eigenvalue weighted by Gasteiger charge is 2.06. The minimum absolute atomic E-state index is 0.643. The van der Waals surface area contributed by atoms with Crippen LogP contribution in [0.5, 0.6) is 0 Å². The SMILES string of the molecule is CCC(C)N(C)CCNCc1ccn(-c2ccccc2)n1. The van der Waals surface area contributed by atoms with E-state index in [9.17, 15) is 0 Å². The molecule has 0 saturated carbocycles. The van der Waals surface area contributed by atoms with Gasteiger partial charge in [0.15, 0.2) is 0 Å². The highest BCUT2D eigenvalue weighted by atomic mass is 15.3. The van der Waals surface area contributed by atoms with E-state index < -0.39 is 0 Å². The van der Waals surface area contributed by atoms with Crippen molar-refractivity contribution in [1.82, 2.24) is 20.0 Å². The van der Waals surface area contributed by atoms with Crippen LogP contribution in [0.2, 0.25) is 0 Å². The van der Waals surface area contributed by atoms with Crippen LogP contribution in [0.1, 0.15) is 26.0 Å². The fraction of sp³-hybridized carbons (Fsp3) is 0.471. The van der Waals surface area contributed by atoms with Crippen molar-refractivity contribution in [2.75, 3.05) is 20.1 Å². The van der Waals surface area contributed by atoms with E-state index >= 15 is 0 Å². The molecule has 1 N–H and O–H groups in total. The lowest BCUT2D eigenvalue weighted by Crippen LogP contribution is -2.34. The minimum atomic E-state index is 0.643. The van der Waals surface area contributed by atoms with Crippen molar-refractivity contribution < 1.29 is 0 Å². The summed E-state index contributed by atoms with van der Waals surface area (Å²) in [4.78, 5) is 2.38. The summed E-state index contributed by atoms with van der Waals surface area (Å²) in [5, 5.41) is 8.05. The average molecular weight is 286 g/mol. The second-order valence-electron chi connectivity index (χ2n) is 5.50. The maximum absolute atomic E-state index is 4.59. The van der Waals surface area contributed by atoms with Gasteiger partial charge in [-0.05, 0) is 38.6 Å². The summed E-state index contributed by atoms with van der Waals surface area (Å²) in [6, 6.07) is 12.9. The third-order valence-corrected chi connectivity index (χ3v) is 3.96. The Morgan fingerprint density at radius 2 is 2.00 bits per heavy atom. The van der Waals surface area contributed by atoms with Crippen LogP contribution in [0.15, 0.2) is 42.6 Å². The molecule has 4 heteroatoms. The Hall–Kier alpha value is -1.65. The number of nitrogens with one attached hydrogen (secondary N) is 1. The predicted molar refractivity (Wildman–Crippen MR) is 87.7 cm³/mol. The molecule has 0 aliphatic carbocycles. The Morgan fingerprint density at radius 1 is 1.24 bits per heavy atom. The molecule has 21 heavy (non-hydrogen) atoms. The van der Waals surface area contributed by atoms with E-state index in [1.54, 1.807) is 0 Å². The number of benzene rings is 1. The third kappa shape index (κ3) is 4.69. The first-order valence-corrected chi connectivity index (χ1v) is 7.71. The van der Waals surface area contributed by atoms with Gasteiger partial charge >= 0.3 is 0 Å². The van der Waals surface area contributed by atoms with Crippen molar-refractivity contribution in [3.8, 4) is 5.69 Å². The lowest BCUT2D eigenvalue weighted by Gasteiger charge is -2.23. The zero-order chi connectivity index (χ0) is 15.1. The van der Waals surface area contributed by atoms with Crippen molar-refractivity contribution in [1.29, 1.82) is 0 Å². The van der Waals surface area contributed by atoms with Crippen molar-refractivity contribution in [2.24, 2.45) is 0 Å². The van der Waals surface area contributed by atoms with E-state index in [1.165, 1.54) is 6.42 Å². The van der Waals surface area contributed by atoms with Crippen LogP contribution in [0, 0.1) is 0 Å². The fourth-order valence-corrected chi connectivity index (χ4v) is 2.18. The first-order valence-electron chi connectivity index (χ1n) is 7.71. The maximum atomic E-state index is 4.59. The molecule has 1 atom stereocenters. The van der Waals surface area contributed by atoms with Gasteiger partial charge in [0.1, 0.15) is 0 Å². The van der Waals surface area contributed by atoms with Crippen LogP contribution in [0.3, 0.4) is 0 Å². The highest BCUT2D eigenvalue weighted by Crippen LogP contribution is 2.06. The van der Waals surface area contributed by atoms with Crippen LogP contribution < -0.4 is 5.32 Å². The largest absolute Gasteiger partial charge is 0.310 e. The van der Waals surface area contributed by atoms with E-state index in [-0.39, 0.29) is 0 Å². The molecule has 0 fully saturated rings. The molecule has 0 spiro atoms. The van der Waals surface area contributed by atoms with E-state index in [0.29, 0.717) is 6.04 Å². The van der Waals surface area contributed by atoms with E-state index in [4.69, 9.17) is 0 Å². The van der Waals surface area contributed by atoms with E-state index in [2.05, 4.69) is 54.4 Å². The lowest BCUT2D eigenvalue weighted by atomic mass is 10.2. The van der Waals surface area contributed by atoms with Crippen LogP contribution in [-0.4, -0.2) is 40.9 Å². The van der Waals surface area contributed by atoms with Gasteiger partial charge in [-0.1, -0.05) is 25.1 Å². The van der Waals surface area contributed by atoms with Crippen molar-refractivity contribution in [3.63, 3.8) is 0 Å². The normalized spacial score (nSPS) is 12.8. The molecule has 0 bridgehead atoms. The third-order valence-electron chi connectivity index (χ3n) is 3.96. The summed E-state index contributed by atoms with van der Waals surface area (Å²) in [6.45, 7) is 7.36. The zero-order valence-electron chi connectivity index (χ0n) is 13.3. The Balaban J connectivity index is 1.76. The molecule has 1 unspecified atom stereocenters. The second-order valence-corrected chi connectivity index (χ2v) is 5.50. The molecular weight excluding hydrogens is 260 g/mol. The summed E-state index contributed by atoms with van der Waals surface area (Å²) < 4.78 is 1.92. The highest BCUT2D eigenvalue weighted by molar-refractivity contribution is 5.30. The topological polar surface area (TPSA) is 33.1 Å². The smallest absolute Gasteiger partial charge is 0.0766 e. The van der Waals surface area contributed by atoms with Crippen LogP contribution >= 0.6 is 0 Å². The Morgan fingerprint density at radius 3 is 2.71 bits per heavy atom. The van der Waals surface area contributed by atoms with Gasteiger partial charge in [0.25, 0.3) is 0 Å². The standard InChI is InChI=1S/C17H26N4/c1-4-15(2)20(3)13-11-18-14-16-10-12-21(19-16)17-8-6-5-7-9-17/h5-10,12,15,18H,4,11,13-14H2,1-3H3. The van der Waals surface area contributed by atoms with Gasteiger partial charge in [-0.3, -0.25) is 0 Å². The minimum Gasteiger partial charge on any atom is -0.310 e. The molecule has 2 aromatic rings. The molecule has 4 nitrogen and oxygen atoms in total. The van der Waals surface area contributed by atoms with Gasteiger partial charge in [0.05, 0.1) is 11.4 Å². The molecular formula is C17H26N4. The van der Waals surface area contributed by atoms with Gasteiger partial charge in [-0.25, -0.2) is 4.68 Å². The Labute approximate surface area is 127 Å². The van der Waals surface area contributed by atoms with Gasteiger partial charge in [0.2, 0.25) is 0 Å². The summed E-state index contributed by atoms with van der Waals surface area (Å²) in [5.74, 6) is 0. The first-order chi connectivity index (χ1) is 10.2. The molecule has 0 radical (unpaired) electrons. The van der Waals surface area contributed by atoms with Crippen molar-refractivity contribution in [2.45, 2.75) is 32.9 Å². The lowest BCUT2D eigenvalue weighted by molar-refractivity contribution is 0.251. The number of nitrogens with zero attached hydrogens (tertiary/aromatic N) is 3. The zero-order valence-corrected chi connectivity index (χ0v) is 13.3. The number of likely N-dealkylation sites (N-methyl/N-ethyl adjacent to an activating group) is 1. The van der Waals surface area contributed by atoms with Crippen molar-refractivity contribution in [3.05, 3.63) is 48.3 Å². The average Bonchev–Trinajstić information content (AvgIpc) is 3.00. The van der Waals surface area contributed by atoms with Crippen LogP contribution in [0.4, 0.5) is 0 Å². The fourth-order valence-electron chi connectivity index (χ4n) is 2.18. The molecule has 2 rings (SSSR count). The predicted octanol–water partition coefficient (Wildman–Crippen LogP) is 2.69. The molecule has 1 heterocycles. The number of rotatable bonds is 8. The Kier molecular flexibility index (Phi) is 5.96. The summed E-state index contributed by atoms with van der Waals surface area (Å²) >= 11 is 0. The number of hydrogen-bond donors (Lipinski definition) is 1. The quantitative estimate of drug-likeness (QED) is 0.757. The molecule has 114 valence electrons. The monoisotopic (exact) mass is 286 g/mol. The molecule has 0 saturated heterocycles. The van der Waals surface area contributed by atoms with Gasteiger partial charge in [-0.15, -0.1) is 0 Å². The van der Waals surface area contributed by atoms with Gasteiger partial charge < -0.3 is 10.2 Å². The summed E-state index contributed by atoms with van der Waals surface area (Å²) in [5.41, 5.74) is 2.17. The van der Waals surface area contributed by atoms with Crippen molar-refractivity contribution >= 4 is 0 Å². The van der Waals surface area contributed by atoms with Gasteiger partial charge in [-0.2, -0.15) is 5.10 Å². The van der Waals surface area contributed by atoms with E-state index in [1.807, 2.05) is 29.1 Å². The molecule has 0 aliphatic rings. The molecule has 0 aliphatic heterocycles. The maximum Gasteiger partial charge on any atom is 0.0766 e. The van der Waals surface area contributed by atoms with E-state index in [0.717, 1.165) is 31.0 Å². The number of para-hydroxylation sites is 1. The van der Waals surface area contributed by atoms with Gasteiger partial charge in [0, 0.05) is 31.9 Å². The number of hydrogen-bond acceptors (Lipinski definition) is 3. The second kappa shape index (κ2) is 7.96. The summed E-state index contributed by atoms with van der Waals surface area (Å²) in [6.07, 6.45) is 3.20. The van der Waals surface area contributed by atoms with Crippen LogP contribution in [0.25, 0.3) is 5.69 Å². The number of aromatic nitrogens is 2. The molecule has 1 aromatic carbocycles. The summed E-state index contributed by atoms with van der Waals surface area (Å²) in [7, 11) is 2.18. The molecule has 1 aromatic heterocycles. The van der Waals surface area contributed by atoms with Crippen LogP contribution in [-0.2, 0) is 6.54 Å².